The minimum atomic E-state index is -0.816. The van der Waals surface area contributed by atoms with Gasteiger partial charge in [-0.2, -0.15) is 0 Å². The third kappa shape index (κ3) is 3.55. The Hall–Kier alpha value is -2.68. The maximum atomic E-state index is 14.6. The molecular formula is C22H20F2O. The molecule has 0 bridgehead atoms. The molecule has 0 spiro atoms. The Morgan fingerprint density at radius 3 is 2.40 bits per heavy atom. The van der Waals surface area contributed by atoms with Crippen LogP contribution in [0, 0.1) is 11.6 Å². The average Bonchev–Trinajstić information content (AvgIpc) is 2.65. The van der Waals surface area contributed by atoms with Gasteiger partial charge in [0.05, 0.1) is 7.11 Å². The largest absolute Gasteiger partial charge is 0.497 e. The van der Waals surface area contributed by atoms with Gasteiger partial charge >= 0.3 is 0 Å². The van der Waals surface area contributed by atoms with E-state index in [1.165, 1.54) is 0 Å². The van der Waals surface area contributed by atoms with E-state index >= 15 is 0 Å². The van der Waals surface area contributed by atoms with Crippen LogP contribution in [-0.2, 0) is 6.42 Å². The molecule has 0 unspecified atom stereocenters. The Balaban J connectivity index is 2.04. The molecule has 0 atom stereocenters. The van der Waals surface area contributed by atoms with Crippen LogP contribution in [-0.4, -0.2) is 7.11 Å². The van der Waals surface area contributed by atoms with Gasteiger partial charge in [0.25, 0.3) is 0 Å². The zero-order valence-corrected chi connectivity index (χ0v) is 14.4. The Bertz CT molecular complexity index is 911. The molecule has 3 aromatic rings. The smallest absolute Gasteiger partial charge is 0.167 e. The Labute approximate surface area is 146 Å². The summed E-state index contributed by atoms with van der Waals surface area (Å²) in [5, 5.41) is 1.02. The molecule has 0 radical (unpaired) electrons. The standard InChI is InChI=1S/C22H20F2O/c1-3-4-5-6-15-7-8-17-14-20(22(24)21(23)19(17)13-15)16-9-11-18(25-2)12-10-16/h3-4,7-14H,5-6H2,1-2H3/b4-3+. The fraction of sp³-hybridized carbons (Fsp3) is 0.182. The molecule has 0 saturated heterocycles. The lowest BCUT2D eigenvalue weighted by atomic mass is 9.97. The molecule has 3 heteroatoms. The van der Waals surface area contributed by atoms with E-state index in [4.69, 9.17) is 4.74 Å². The third-order valence-corrected chi connectivity index (χ3v) is 4.32. The summed E-state index contributed by atoms with van der Waals surface area (Å²) in [6.45, 7) is 1.97. The zero-order chi connectivity index (χ0) is 17.8. The van der Waals surface area contributed by atoms with E-state index in [1.54, 1.807) is 43.5 Å². The SMILES string of the molecule is C/C=C/CCc1ccc2cc(-c3ccc(OC)cc3)c(F)c(F)c2c1. The van der Waals surface area contributed by atoms with Gasteiger partial charge < -0.3 is 4.74 Å². The second kappa shape index (κ2) is 7.47. The summed E-state index contributed by atoms with van der Waals surface area (Å²) < 4.78 is 34.4. The molecule has 0 amide bonds. The van der Waals surface area contributed by atoms with Crippen LogP contribution >= 0.6 is 0 Å². The molecule has 0 aliphatic carbocycles. The van der Waals surface area contributed by atoms with E-state index < -0.39 is 11.6 Å². The predicted octanol–water partition coefficient (Wildman–Crippen LogP) is 6.30. The first-order valence-corrected chi connectivity index (χ1v) is 8.30. The number of hydrogen-bond donors (Lipinski definition) is 0. The zero-order valence-electron chi connectivity index (χ0n) is 14.4. The summed E-state index contributed by atoms with van der Waals surface area (Å²) in [7, 11) is 1.57. The molecule has 1 nitrogen and oxygen atoms in total. The van der Waals surface area contributed by atoms with Gasteiger partial charge in [-0.1, -0.05) is 36.4 Å². The van der Waals surface area contributed by atoms with Crippen LogP contribution in [0.15, 0.2) is 60.7 Å². The van der Waals surface area contributed by atoms with Crippen LogP contribution < -0.4 is 4.74 Å². The highest BCUT2D eigenvalue weighted by atomic mass is 19.2. The lowest BCUT2D eigenvalue weighted by molar-refractivity contribution is 0.415. The quantitative estimate of drug-likeness (QED) is 0.496. The Morgan fingerprint density at radius 2 is 1.72 bits per heavy atom. The maximum absolute atomic E-state index is 14.6. The Kier molecular flexibility index (Phi) is 5.13. The van der Waals surface area contributed by atoms with Crippen molar-refractivity contribution in [1.29, 1.82) is 0 Å². The number of ether oxygens (including phenoxy) is 1. The fourth-order valence-electron chi connectivity index (χ4n) is 2.93. The first-order valence-electron chi connectivity index (χ1n) is 8.30. The second-order valence-corrected chi connectivity index (χ2v) is 5.94. The summed E-state index contributed by atoms with van der Waals surface area (Å²) >= 11 is 0. The van der Waals surface area contributed by atoms with E-state index in [1.807, 2.05) is 25.1 Å². The fourth-order valence-corrected chi connectivity index (χ4v) is 2.93. The van der Waals surface area contributed by atoms with Gasteiger partial charge in [-0.05, 0) is 60.5 Å². The van der Waals surface area contributed by atoms with E-state index in [0.29, 0.717) is 22.1 Å². The molecule has 0 aromatic heterocycles. The lowest BCUT2D eigenvalue weighted by Crippen LogP contribution is -1.94. The van der Waals surface area contributed by atoms with Crippen LogP contribution in [0.1, 0.15) is 18.9 Å². The molecule has 0 aliphatic rings. The number of aryl methyl sites for hydroxylation is 1. The van der Waals surface area contributed by atoms with Crippen LogP contribution in [0.25, 0.3) is 21.9 Å². The highest BCUT2D eigenvalue weighted by Crippen LogP contribution is 2.32. The Morgan fingerprint density at radius 1 is 0.960 bits per heavy atom. The molecule has 128 valence electrons. The first-order chi connectivity index (χ1) is 12.1. The van der Waals surface area contributed by atoms with E-state index in [-0.39, 0.29) is 5.56 Å². The summed E-state index contributed by atoms with van der Waals surface area (Å²) in [6.07, 6.45) is 5.74. The number of allylic oxidation sites excluding steroid dienone is 2. The summed E-state index contributed by atoms with van der Waals surface area (Å²) in [6, 6.07) is 14.2. The summed E-state index contributed by atoms with van der Waals surface area (Å²) in [5.74, 6) is -0.935. The number of rotatable bonds is 5. The van der Waals surface area contributed by atoms with Gasteiger partial charge in [0.2, 0.25) is 0 Å². The van der Waals surface area contributed by atoms with Gasteiger partial charge in [-0.3, -0.25) is 0 Å². The van der Waals surface area contributed by atoms with Crippen molar-refractivity contribution in [2.45, 2.75) is 19.8 Å². The topological polar surface area (TPSA) is 9.23 Å². The summed E-state index contributed by atoms with van der Waals surface area (Å²) in [5.41, 5.74) is 1.88. The van der Waals surface area contributed by atoms with Gasteiger partial charge in [-0.15, -0.1) is 0 Å². The minimum Gasteiger partial charge on any atom is -0.497 e. The lowest BCUT2D eigenvalue weighted by Gasteiger charge is -2.10. The van der Waals surface area contributed by atoms with Crippen LogP contribution in [0.3, 0.4) is 0 Å². The number of hydrogen-bond acceptors (Lipinski definition) is 1. The van der Waals surface area contributed by atoms with E-state index in [2.05, 4.69) is 6.08 Å². The number of halogens is 2. The monoisotopic (exact) mass is 338 g/mol. The van der Waals surface area contributed by atoms with Crippen molar-refractivity contribution < 1.29 is 13.5 Å². The van der Waals surface area contributed by atoms with Crippen molar-refractivity contribution in [3.63, 3.8) is 0 Å². The van der Waals surface area contributed by atoms with Crippen molar-refractivity contribution in [3.05, 3.63) is 77.9 Å². The van der Waals surface area contributed by atoms with Crippen LogP contribution in [0.5, 0.6) is 5.75 Å². The summed E-state index contributed by atoms with van der Waals surface area (Å²) in [4.78, 5) is 0. The normalized spacial score (nSPS) is 11.4. The molecular weight excluding hydrogens is 318 g/mol. The predicted molar refractivity (Wildman–Crippen MR) is 99.0 cm³/mol. The molecule has 3 rings (SSSR count). The number of fused-ring (bicyclic) bond motifs is 1. The minimum absolute atomic E-state index is 0.259. The highest BCUT2D eigenvalue weighted by Gasteiger charge is 2.15. The number of methoxy groups -OCH3 is 1. The molecule has 0 heterocycles. The van der Waals surface area contributed by atoms with Gasteiger partial charge in [0, 0.05) is 10.9 Å². The third-order valence-electron chi connectivity index (χ3n) is 4.32. The highest BCUT2D eigenvalue weighted by molar-refractivity contribution is 5.89. The number of benzene rings is 3. The van der Waals surface area contributed by atoms with E-state index in [9.17, 15) is 8.78 Å². The average molecular weight is 338 g/mol. The van der Waals surface area contributed by atoms with Crippen LogP contribution in [0.4, 0.5) is 8.78 Å². The van der Waals surface area contributed by atoms with Gasteiger partial charge in [0.15, 0.2) is 11.6 Å². The van der Waals surface area contributed by atoms with Crippen molar-refractivity contribution in [3.8, 4) is 16.9 Å². The van der Waals surface area contributed by atoms with E-state index in [0.717, 1.165) is 18.4 Å². The van der Waals surface area contributed by atoms with Crippen molar-refractivity contribution in [2.24, 2.45) is 0 Å². The van der Waals surface area contributed by atoms with Crippen LogP contribution in [0.2, 0.25) is 0 Å². The van der Waals surface area contributed by atoms with Crippen molar-refractivity contribution in [1.82, 2.24) is 0 Å². The van der Waals surface area contributed by atoms with Crippen molar-refractivity contribution in [2.75, 3.05) is 7.11 Å². The maximum Gasteiger partial charge on any atom is 0.167 e. The molecule has 0 aliphatic heterocycles. The molecule has 0 saturated carbocycles. The first kappa shape index (κ1) is 17.2. The van der Waals surface area contributed by atoms with Crippen molar-refractivity contribution >= 4 is 10.8 Å². The van der Waals surface area contributed by atoms with Gasteiger partial charge in [0.1, 0.15) is 5.75 Å². The molecule has 25 heavy (non-hydrogen) atoms. The second-order valence-electron chi connectivity index (χ2n) is 5.94. The molecule has 0 N–H and O–H groups in total. The van der Waals surface area contributed by atoms with Gasteiger partial charge in [-0.25, -0.2) is 8.78 Å². The molecule has 0 fully saturated rings. The molecule has 3 aromatic carbocycles.